The molecule has 0 aliphatic carbocycles. The average molecular weight is 391 g/mol. The number of nitrogens with zero attached hydrogens (tertiary/aromatic N) is 1. The molecule has 6 nitrogen and oxygen atoms in total. The van der Waals surface area contributed by atoms with Crippen LogP contribution in [0, 0.1) is 0 Å². The molecule has 0 bridgehead atoms. The molecule has 0 aliphatic rings. The van der Waals surface area contributed by atoms with E-state index < -0.39 is 15.6 Å². The van der Waals surface area contributed by atoms with E-state index in [2.05, 4.69) is 5.32 Å². The van der Waals surface area contributed by atoms with Crippen LogP contribution in [0.15, 0.2) is 59.5 Å². The summed E-state index contributed by atoms with van der Waals surface area (Å²) >= 11 is 0. The van der Waals surface area contributed by atoms with E-state index in [1.165, 1.54) is 38.4 Å². The van der Waals surface area contributed by atoms with Crippen molar-refractivity contribution in [1.29, 1.82) is 0 Å². The van der Waals surface area contributed by atoms with Gasteiger partial charge in [0.25, 0.3) is 5.91 Å². The summed E-state index contributed by atoms with van der Waals surface area (Å²) in [6, 6.07) is 15.6. The number of carbonyl (C=O) groups excluding carboxylic acids is 1. The molecule has 0 unspecified atom stereocenters. The van der Waals surface area contributed by atoms with Crippen molar-refractivity contribution in [3.8, 4) is 0 Å². The lowest BCUT2D eigenvalue weighted by Crippen LogP contribution is -2.41. The minimum Gasteiger partial charge on any atom is -0.388 e. The predicted molar refractivity (Wildman–Crippen MR) is 105 cm³/mol. The van der Waals surface area contributed by atoms with E-state index in [9.17, 15) is 18.3 Å². The third-order valence-corrected chi connectivity index (χ3v) is 6.15. The first-order valence-corrected chi connectivity index (χ1v) is 10.1. The van der Waals surface area contributed by atoms with Gasteiger partial charge >= 0.3 is 0 Å². The summed E-state index contributed by atoms with van der Waals surface area (Å²) in [6.07, 6.45) is 1.22. The summed E-state index contributed by atoms with van der Waals surface area (Å²) in [6.45, 7) is 1.79. The van der Waals surface area contributed by atoms with Crippen molar-refractivity contribution in [1.82, 2.24) is 9.62 Å². The Kier molecular flexibility index (Phi) is 6.75. The van der Waals surface area contributed by atoms with E-state index in [4.69, 9.17) is 0 Å². The molecule has 0 fully saturated rings. The van der Waals surface area contributed by atoms with Crippen molar-refractivity contribution in [2.45, 2.75) is 30.3 Å². The summed E-state index contributed by atoms with van der Waals surface area (Å²) in [7, 11) is -0.623. The van der Waals surface area contributed by atoms with Gasteiger partial charge in [-0.1, -0.05) is 30.3 Å². The molecule has 0 radical (unpaired) electrons. The molecule has 0 heterocycles. The quantitative estimate of drug-likeness (QED) is 0.722. The van der Waals surface area contributed by atoms with Crippen LogP contribution in [0.2, 0.25) is 0 Å². The van der Waals surface area contributed by atoms with Crippen molar-refractivity contribution in [2.75, 3.05) is 20.6 Å². The number of aliphatic hydroxyl groups is 1. The normalized spacial score (nSPS) is 14.0. The van der Waals surface area contributed by atoms with Gasteiger partial charge < -0.3 is 10.4 Å². The first-order chi connectivity index (χ1) is 12.6. The Labute approximate surface area is 160 Å². The van der Waals surface area contributed by atoms with Gasteiger partial charge in [0.1, 0.15) is 0 Å². The second-order valence-electron chi connectivity index (χ2n) is 6.98. The van der Waals surface area contributed by atoms with Gasteiger partial charge in [-0.3, -0.25) is 4.79 Å². The van der Waals surface area contributed by atoms with Gasteiger partial charge in [0.15, 0.2) is 0 Å². The molecule has 2 N–H and O–H groups in total. The number of hydrogen-bond donors (Lipinski definition) is 2. The summed E-state index contributed by atoms with van der Waals surface area (Å²) in [5.41, 5.74) is 0.424. The smallest absolute Gasteiger partial charge is 0.251 e. The van der Waals surface area contributed by atoms with Crippen LogP contribution in [0.5, 0.6) is 0 Å². The van der Waals surface area contributed by atoms with E-state index in [0.29, 0.717) is 18.4 Å². The lowest BCUT2D eigenvalue weighted by molar-refractivity contribution is 0.0478. The van der Waals surface area contributed by atoms with Crippen LogP contribution >= 0.6 is 0 Å². The average Bonchev–Trinajstić information content (AvgIpc) is 2.65. The zero-order chi connectivity index (χ0) is 20.1. The zero-order valence-electron chi connectivity index (χ0n) is 15.8. The highest BCUT2D eigenvalue weighted by Crippen LogP contribution is 2.15. The molecule has 27 heavy (non-hydrogen) atoms. The lowest BCUT2D eigenvalue weighted by Gasteiger charge is -2.23. The summed E-state index contributed by atoms with van der Waals surface area (Å²) < 4.78 is 25.2. The first-order valence-electron chi connectivity index (χ1n) is 8.69. The Bertz CT molecular complexity index is 861. The number of rotatable bonds is 8. The zero-order valence-corrected chi connectivity index (χ0v) is 16.7. The first kappa shape index (κ1) is 21.1. The largest absolute Gasteiger partial charge is 0.388 e. The number of benzene rings is 2. The van der Waals surface area contributed by atoms with E-state index >= 15 is 0 Å². The number of nitrogens with one attached hydrogen (secondary N) is 1. The monoisotopic (exact) mass is 390 g/mol. The fraction of sp³-hybridized carbons (Fsp3) is 0.350. The highest BCUT2D eigenvalue weighted by Gasteiger charge is 2.22. The van der Waals surface area contributed by atoms with Gasteiger partial charge in [-0.05, 0) is 49.6 Å². The number of amides is 1. The fourth-order valence-electron chi connectivity index (χ4n) is 2.51. The maximum atomic E-state index is 12.3. The molecule has 1 amide bonds. The summed E-state index contributed by atoms with van der Waals surface area (Å²) in [5.74, 6) is -0.358. The van der Waals surface area contributed by atoms with Crippen LogP contribution < -0.4 is 5.32 Å². The van der Waals surface area contributed by atoms with Crippen molar-refractivity contribution >= 4 is 15.9 Å². The van der Waals surface area contributed by atoms with E-state index in [-0.39, 0.29) is 17.3 Å². The molecule has 1 atom stereocenters. The highest BCUT2D eigenvalue weighted by atomic mass is 32.2. The Balaban J connectivity index is 1.92. The highest BCUT2D eigenvalue weighted by molar-refractivity contribution is 7.89. The molecule has 0 aromatic heterocycles. The van der Waals surface area contributed by atoms with E-state index in [1.54, 1.807) is 6.92 Å². The maximum Gasteiger partial charge on any atom is 0.251 e. The molecule has 0 spiro atoms. The minimum absolute atomic E-state index is 0.108. The van der Waals surface area contributed by atoms with Gasteiger partial charge in [0.2, 0.25) is 10.0 Å². The van der Waals surface area contributed by atoms with E-state index in [0.717, 1.165) is 9.87 Å². The SMILES string of the molecule is CN(C)S(=O)(=O)c1ccc(C(=O)NC[C@](C)(O)CCc2ccccc2)cc1. The standard InChI is InChI=1S/C20H26N2O4S/c1-20(24,14-13-16-7-5-4-6-8-16)15-21-19(23)17-9-11-18(12-10-17)27(25,26)22(2)3/h4-12,24H,13-15H2,1-3H3,(H,21,23)/t20-/m1/s1. The molecule has 2 aromatic carbocycles. The van der Waals surface area contributed by atoms with E-state index in [1.807, 2.05) is 30.3 Å². The third-order valence-electron chi connectivity index (χ3n) is 4.32. The van der Waals surface area contributed by atoms with Crippen molar-refractivity contribution in [2.24, 2.45) is 0 Å². The van der Waals surface area contributed by atoms with Gasteiger partial charge in [-0.2, -0.15) is 0 Å². The Morgan fingerprint density at radius 2 is 1.67 bits per heavy atom. The van der Waals surface area contributed by atoms with Gasteiger partial charge in [0, 0.05) is 26.2 Å². The number of sulfonamides is 1. The third kappa shape index (κ3) is 5.89. The van der Waals surface area contributed by atoms with Crippen LogP contribution in [-0.4, -0.2) is 50.0 Å². The van der Waals surface area contributed by atoms with Crippen LogP contribution in [0.1, 0.15) is 29.3 Å². The van der Waals surface area contributed by atoms with Gasteiger partial charge in [-0.25, -0.2) is 12.7 Å². The molecule has 2 aromatic rings. The molecule has 7 heteroatoms. The Morgan fingerprint density at radius 3 is 2.22 bits per heavy atom. The number of hydrogen-bond acceptors (Lipinski definition) is 4. The molecular weight excluding hydrogens is 364 g/mol. The maximum absolute atomic E-state index is 12.3. The second kappa shape index (κ2) is 8.65. The van der Waals surface area contributed by atoms with Crippen LogP contribution in [0.4, 0.5) is 0 Å². The topological polar surface area (TPSA) is 86.7 Å². The molecule has 0 saturated carbocycles. The van der Waals surface area contributed by atoms with Gasteiger partial charge in [0.05, 0.1) is 10.5 Å². The number of carbonyl (C=O) groups is 1. The predicted octanol–water partition coefficient (Wildman–Crippen LogP) is 2.05. The van der Waals surface area contributed by atoms with Crippen LogP contribution in [-0.2, 0) is 16.4 Å². The summed E-state index contributed by atoms with van der Waals surface area (Å²) in [5, 5.41) is 13.2. The second-order valence-corrected chi connectivity index (χ2v) is 9.13. The lowest BCUT2D eigenvalue weighted by atomic mass is 9.96. The van der Waals surface area contributed by atoms with Crippen molar-refractivity contribution in [3.63, 3.8) is 0 Å². The molecular formula is C20H26N2O4S. The van der Waals surface area contributed by atoms with Crippen molar-refractivity contribution in [3.05, 3.63) is 65.7 Å². The Hall–Kier alpha value is -2.22. The molecule has 0 saturated heterocycles. The fourth-order valence-corrected chi connectivity index (χ4v) is 3.41. The molecule has 2 rings (SSSR count). The Morgan fingerprint density at radius 1 is 1.07 bits per heavy atom. The van der Waals surface area contributed by atoms with Crippen LogP contribution in [0.25, 0.3) is 0 Å². The van der Waals surface area contributed by atoms with Gasteiger partial charge in [-0.15, -0.1) is 0 Å². The van der Waals surface area contributed by atoms with Crippen LogP contribution in [0.3, 0.4) is 0 Å². The minimum atomic E-state index is -3.53. The summed E-state index contributed by atoms with van der Waals surface area (Å²) in [4.78, 5) is 12.4. The molecule has 0 aliphatic heterocycles. The number of aryl methyl sites for hydroxylation is 1. The van der Waals surface area contributed by atoms with Crippen molar-refractivity contribution < 1.29 is 18.3 Å². The molecule has 146 valence electrons.